The summed E-state index contributed by atoms with van der Waals surface area (Å²) in [5, 5.41) is 5.65. The molecule has 0 atom stereocenters. The van der Waals surface area contributed by atoms with E-state index in [1.165, 1.54) is 110 Å². The molecule has 3 saturated carbocycles. The average Bonchev–Trinajstić information content (AvgIpc) is 3.04. The normalized spacial score (nSPS) is 23.6. The van der Waals surface area contributed by atoms with Gasteiger partial charge in [-0.05, 0) is 50.4 Å². The van der Waals surface area contributed by atoms with Gasteiger partial charge in [-0.1, -0.05) is 58.3 Å². The Kier molecular flexibility index (Phi) is 7.26. The summed E-state index contributed by atoms with van der Waals surface area (Å²) in [6.07, 6.45) is 20.5. The highest BCUT2D eigenvalue weighted by Crippen LogP contribution is 2.34. The Morgan fingerprint density at radius 3 is 2.00 bits per heavy atom. The molecule has 2 nitrogen and oxygen atoms in total. The van der Waals surface area contributed by atoms with Crippen molar-refractivity contribution in [2.75, 3.05) is 19.6 Å². The molecule has 3 aliphatic carbocycles. The van der Waals surface area contributed by atoms with E-state index in [-0.39, 0.29) is 0 Å². The molecule has 2 heteroatoms. The van der Waals surface area contributed by atoms with E-state index in [0.29, 0.717) is 0 Å². The van der Waals surface area contributed by atoms with Crippen molar-refractivity contribution < 1.29 is 0 Å². The summed E-state index contributed by atoms with van der Waals surface area (Å²) in [6.45, 7) is 6.32. The minimum absolute atomic E-state index is 0.865. The summed E-state index contributed by atoms with van der Waals surface area (Å²) in [7, 11) is 0. The van der Waals surface area contributed by atoms with Gasteiger partial charge in [-0.25, -0.2) is 10.0 Å². The molecule has 0 radical (unpaired) electrons. The molecule has 0 N–H and O–H groups in total. The first-order chi connectivity index (χ1) is 11.4. The zero-order valence-corrected chi connectivity index (χ0v) is 15.6. The van der Waals surface area contributed by atoms with Gasteiger partial charge in [0.25, 0.3) is 0 Å². The Bertz CT molecular complexity index is 314. The lowest BCUT2D eigenvalue weighted by atomic mass is 10.0. The second-order valence-electron chi connectivity index (χ2n) is 8.58. The lowest BCUT2D eigenvalue weighted by Crippen LogP contribution is -2.49. The van der Waals surface area contributed by atoms with Crippen molar-refractivity contribution in [1.82, 2.24) is 10.0 Å². The van der Waals surface area contributed by atoms with Crippen molar-refractivity contribution in [2.24, 2.45) is 11.8 Å². The van der Waals surface area contributed by atoms with Crippen LogP contribution in [0.3, 0.4) is 0 Å². The van der Waals surface area contributed by atoms with E-state index in [9.17, 15) is 0 Å². The quantitative estimate of drug-likeness (QED) is 0.455. The first-order valence-electron chi connectivity index (χ1n) is 10.9. The summed E-state index contributed by atoms with van der Waals surface area (Å²) in [4.78, 5) is 0. The number of hydrazine groups is 1. The molecule has 0 aromatic rings. The van der Waals surface area contributed by atoms with Gasteiger partial charge in [0.05, 0.1) is 0 Å². The van der Waals surface area contributed by atoms with Crippen molar-refractivity contribution in [3.8, 4) is 0 Å². The maximum atomic E-state index is 2.85. The van der Waals surface area contributed by atoms with E-state index in [2.05, 4.69) is 16.9 Å². The second kappa shape index (κ2) is 9.42. The van der Waals surface area contributed by atoms with Crippen molar-refractivity contribution in [3.63, 3.8) is 0 Å². The molecule has 134 valence electrons. The molecule has 3 fully saturated rings. The van der Waals surface area contributed by atoms with Crippen LogP contribution in [0.2, 0.25) is 0 Å². The van der Waals surface area contributed by atoms with Gasteiger partial charge < -0.3 is 0 Å². The minimum Gasteiger partial charge on any atom is -0.242 e. The number of hydrogen-bond acceptors (Lipinski definition) is 2. The third kappa shape index (κ3) is 5.74. The van der Waals surface area contributed by atoms with Crippen molar-refractivity contribution in [1.29, 1.82) is 0 Å². The topological polar surface area (TPSA) is 6.48 Å². The molecule has 0 aromatic carbocycles. The molecule has 0 saturated heterocycles. The predicted octanol–water partition coefficient (Wildman–Crippen LogP) is 5.63. The van der Waals surface area contributed by atoms with Gasteiger partial charge in [-0.15, -0.1) is 0 Å². The molecule has 23 heavy (non-hydrogen) atoms. The second-order valence-corrected chi connectivity index (χ2v) is 8.58. The van der Waals surface area contributed by atoms with Gasteiger partial charge in [0, 0.05) is 25.7 Å². The van der Waals surface area contributed by atoms with Crippen LogP contribution in [0.15, 0.2) is 0 Å². The van der Waals surface area contributed by atoms with Gasteiger partial charge in [0.2, 0.25) is 0 Å². The maximum absolute atomic E-state index is 2.85. The minimum atomic E-state index is 0.865. The van der Waals surface area contributed by atoms with Crippen LogP contribution in [-0.4, -0.2) is 35.7 Å². The fraction of sp³-hybridized carbons (Fsp3) is 1.00. The first-order valence-corrected chi connectivity index (χ1v) is 10.9. The third-order valence-electron chi connectivity index (χ3n) is 6.56. The lowest BCUT2D eigenvalue weighted by molar-refractivity contribution is -0.0637. The fourth-order valence-corrected chi connectivity index (χ4v) is 4.96. The highest BCUT2D eigenvalue weighted by molar-refractivity contribution is 4.79. The highest BCUT2D eigenvalue weighted by Gasteiger charge is 2.28. The third-order valence-corrected chi connectivity index (χ3v) is 6.56. The van der Waals surface area contributed by atoms with Crippen LogP contribution in [0.25, 0.3) is 0 Å². The molecule has 3 aliphatic rings. The molecule has 0 unspecified atom stereocenters. The van der Waals surface area contributed by atoms with Crippen molar-refractivity contribution >= 4 is 0 Å². The van der Waals surface area contributed by atoms with Crippen LogP contribution in [0.5, 0.6) is 0 Å². The van der Waals surface area contributed by atoms with Gasteiger partial charge in [0.15, 0.2) is 0 Å². The number of nitrogens with zero attached hydrogens (tertiary/aromatic N) is 2. The Morgan fingerprint density at radius 2 is 1.35 bits per heavy atom. The Labute approximate surface area is 145 Å². The van der Waals surface area contributed by atoms with E-state index >= 15 is 0 Å². The number of rotatable bonds is 11. The van der Waals surface area contributed by atoms with Crippen LogP contribution < -0.4 is 0 Å². The maximum Gasteiger partial charge on any atom is 0.0245 e. The Morgan fingerprint density at radius 1 is 0.696 bits per heavy atom. The van der Waals surface area contributed by atoms with Crippen LogP contribution in [0.1, 0.15) is 96.8 Å². The Balaban J connectivity index is 1.52. The lowest BCUT2D eigenvalue weighted by Gasteiger charge is -2.40. The molecule has 3 rings (SSSR count). The highest BCUT2D eigenvalue weighted by atomic mass is 15.6. The molecule has 0 bridgehead atoms. The number of hydrogen-bond donors (Lipinski definition) is 0. The van der Waals surface area contributed by atoms with E-state index in [4.69, 9.17) is 0 Å². The summed E-state index contributed by atoms with van der Waals surface area (Å²) < 4.78 is 0. The van der Waals surface area contributed by atoms with Gasteiger partial charge in [-0.2, -0.15) is 0 Å². The summed E-state index contributed by atoms with van der Waals surface area (Å²) in [5.41, 5.74) is 0. The molecule has 0 aliphatic heterocycles. The Hall–Kier alpha value is -0.0800. The zero-order valence-electron chi connectivity index (χ0n) is 15.6. The molecule has 0 heterocycles. The summed E-state index contributed by atoms with van der Waals surface area (Å²) >= 11 is 0. The molecule has 0 spiro atoms. The molecular formula is C21H40N2. The van der Waals surface area contributed by atoms with Crippen LogP contribution in [0.4, 0.5) is 0 Å². The molecule has 0 amide bonds. The van der Waals surface area contributed by atoms with Crippen molar-refractivity contribution in [2.45, 2.75) is 103 Å². The van der Waals surface area contributed by atoms with Gasteiger partial charge >= 0.3 is 0 Å². The van der Waals surface area contributed by atoms with E-state index in [0.717, 1.165) is 17.9 Å². The van der Waals surface area contributed by atoms with Crippen molar-refractivity contribution in [3.05, 3.63) is 0 Å². The van der Waals surface area contributed by atoms with Gasteiger partial charge in [0.1, 0.15) is 0 Å². The fourth-order valence-electron chi connectivity index (χ4n) is 4.96. The van der Waals surface area contributed by atoms with Crippen LogP contribution in [0, 0.1) is 11.8 Å². The molecular weight excluding hydrogens is 280 g/mol. The van der Waals surface area contributed by atoms with Crippen LogP contribution >= 0.6 is 0 Å². The first kappa shape index (κ1) is 17.7. The predicted molar refractivity (Wildman–Crippen MR) is 99.4 cm³/mol. The summed E-state index contributed by atoms with van der Waals surface area (Å²) in [6, 6.07) is 0.865. The molecule has 0 aromatic heterocycles. The zero-order chi connectivity index (χ0) is 15.9. The summed E-state index contributed by atoms with van der Waals surface area (Å²) in [5.74, 6) is 2.13. The van der Waals surface area contributed by atoms with E-state index in [1.54, 1.807) is 0 Å². The monoisotopic (exact) mass is 320 g/mol. The smallest absolute Gasteiger partial charge is 0.0245 e. The SMILES string of the molecule is CCCN(CCC1CCCC1)N(CCCC1CC1)C1CCCC1. The standard InChI is InChI=1S/C21H40N2/c1-2-16-22(18-15-19-8-3-4-9-19)23(21-11-5-6-12-21)17-7-10-20-13-14-20/h19-21H,2-18H2,1H3. The van der Waals surface area contributed by atoms with E-state index < -0.39 is 0 Å². The average molecular weight is 321 g/mol. The van der Waals surface area contributed by atoms with E-state index in [1.807, 2.05) is 0 Å². The largest absolute Gasteiger partial charge is 0.242 e. The van der Waals surface area contributed by atoms with Gasteiger partial charge in [-0.3, -0.25) is 0 Å². The van der Waals surface area contributed by atoms with Crippen LogP contribution in [-0.2, 0) is 0 Å².